The Morgan fingerprint density at radius 3 is 2.31 bits per heavy atom. The van der Waals surface area contributed by atoms with Gasteiger partial charge in [0.25, 0.3) is 0 Å². The van der Waals surface area contributed by atoms with Gasteiger partial charge in [-0.1, -0.05) is 20.8 Å². The first kappa shape index (κ1) is 31.9. The number of epoxide rings is 1. The number of fused-ring (bicyclic) bond motifs is 7. The van der Waals surface area contributed by atoms with Crippen LogP contribution in [0.2, 0.25) is 0 Å². The maximum absolute atomic E-state index is 11.8. The Labute approximate surface area is 270 Å². The Kier molecular flexibility index (Phi) is 7.69. The summed E-state index contributed by atoms with van der Waals surface area (Å²) in [6.07, 6.45) is 10.3. The molecule has 4 heterocycles. The Balaban J connectivity index is 0.995. The average molecular weight is 633 g/mol. The van der Waals surface area contributed by atoms with Crippen molar-refractivity contribution in [2.24, 2.45) is 46.3 Å². The second kappa shape index (κ2) is 10.8. The molecule has 45 heavy (non-hydrogen) atoms. The summed E-state index contributed by atoms with van der Waals surface area (Å²) < 4.78 is 44.8. The summed E-state index contributed by atoms with van der Waals surface area (Å²) >= 11 is 0. The third-order valence-corrected chi connectivity index (χ3v) is 14.7. The molecule has 0 amide bonds. The molecule has 8 fully saturated rings. The van der Waals surface area contributed by atoms with Crippen LogP contribution in [-0.4, -0.2) is 78.9 Å². The van der Waals surface area contributed by atoms with Crippen molar-refractivity contribution in [3.05, 3.63) is 0 Å². The van der Waals surface area contributed by atoms with E-state index in [9.17, 15) is 5.11 Å². The van der Waals surface area contributed by atoms with Crippen LogP contribution in [-0.2, 0) is 33.2 Å². The standard InChI is InChI=1S/C37H60O8/c1-21(30(38)31-32(42-31)33(2,3)45-29-10-8-9-15-39-29)23-11-12-24-22-19-37(40-16-17-41-37)28-18-26-27(44-34(4,5)43-26)20-36(28,7)25(22)13-14-35(23,24)6/h21-32,38H,8-20H2,1-7H3/t21-,22-,23+,24-,25-,26-,27+,28?,29-,30+,31-,32-,35+,36+/m0/s1. The highest BCUT2D eigenvalue weighted by Gasteiger charge is 2.70. The molecule has 4 saturated heterocycles. The zero-order valence-corrected chi connectivity index (χ0v) is 28.9. The number of aliphatic hydroxyl groups is 1. The van der Waals surface area contributed by atoms with Crippen LogP contribution in [0.1, 0.15) is 113 Å². The van der Waals surface area contributed by atoms with Crippen molar-refractivity contribution < 1.29 is 38.3 Å². The number of hydrogen-bond acceptors (Lipinski definition) is 8. The molecule has 8 heteroatoms. The third kappa shape index (κ3) is 5.04. The highest BCUT2D eigenvalue weighted by atomic mass is 16.8. The van der Waals surface area contributed by atoms with Crippen LogP contribution in [0.15, 0.2) is 0 Å². The molecule has 4 aliphatic heterocycles. The van der Waals surface area contributed by atoms with E-state index < -0.39 is 23.3 Å². The number of ether oxygens (including phenoxy) is 7. The molecule has 0 aromatic rings. The second-order valence-corrected chi connectivity index (χ2v) is 17.9. The Hall–Kier alpha value is -0.320. The minimum atomic E-state index is -0.529. The molecular weight excluding hydrogens is 572 g/mol. The first-order chi connectivity index (χ1) is 21.3. The lowest BCUT2D eigenvalue weighted by Gasteiger charge is -2.65. The SMILES string of the molecule is C[C@H]([C@@H](O)[C@@H]1O[C@@H]1C(C)(C)O[C@H]1CCCCO1)[C@H]1CC[C@H]2[C@@H]3CC4(OCCO4)C4C[C@@H]5OC(C)(C)O[C@@H]5C[C@]4(C)[C@H]3CC[C@]12C. The molecule has 256 valence electrons. The molecule has 8 rings (SSSR count). The van der Waals surface area contributed by atoms with Crippen molar-refractivity contribution >= 4 is 0 Å². The molecule has 4 aliphatic carbocycles. The number of rotatable bonds is 6. The summed E-state index contributed by atoms with van der Waals surface area (Å²) in [5.41, 5.74) is -0.214. The van der Waals surface area contributed by atoms with E-state index in [-0.39, 0.29) is 47.5 Å². The lowest BCUT2D eigenvalue weighted by atomic mass is 9.42. The van der Waals surface area contributed by atoms with Gasteiger partial charge in [0.1, 0.15) is 12.2 Å². The largest absolute Gasteiger partial charge is 0.390 e. The topological polar surface area (TPSA) is 88.1 Å². The average Bonchev–Trinajstić information content (AvgIpc) is 3.40. The van der Waals surface area contributed by atoms with Crippen LogP contribution in [0.25, 0.3) is 0 Å². The van der Waals surface area contributed by atoms with Crippen molar-refractivity contribution in [1.82, 2.24) is 0 Å². The van der Waals surface area contributed by atoms with Gasteiger partial charge in [0.2, 0.25) is 0 Å². The van der Waals surface area contributed by atoms with Crippen LogP contribution in [0.3, 0.4) is 0 Å². The van der Waals surface area contributed by atoms with Gasteiger partial charge in [0.15, 0.2) is 17.9 Å². The van der Waals surface area contributed by atoms with Gasteiger partial charge in [-0.2, -0.15) is 0 Å². The van der Waals surface area contributed by atoms with Gasteiger partial charge in [-0.05, 0) is 126 Å². The molecule has 1 spiro atoms. The lowest BCUT2D eigenvalue weighted by molar-refractivity contribution is -0.301. The molecule has 14 atom stereocenters. The molecule has 0 bridgehead atoms. The van der Waals surface area contributed by atoms with Gasteiger partial charge < -0.3 is 38.3 Å². The zero-order valence-electron chi connectivity index (χ0n) is 28.9. The summed E-state index contributed by atoms with van der Waals surface area (Å²) in [5, 5.41) is 11.8. The molecule has 1 unspecified atom stereocenters. The predicted molar refractivity (Wildman–Crippen MR) is 167 cm³/mol. The summed E-state index contributed by atoms with van der Waals surface area (Å²) in [4.78, 5) is 0. The maximum Gasteiger partial charge on any atom is 0.172 e. The molecule has 0 radical (unpaired) electrons. The summed E-state index contributed by atoms with van der Waals surface area (Å²) in [7, 11) is 0. The Morgan fingerprint density at radius 1 is 0.844 bits per heavy atom. The van der Waals surface area contributed by atoms with Crippen LogP contribution in [0.5, 0.6) is 0 Å². The minimum Gasteiger partial charge on any atom is -0.390 e. The van der Waals surface area contributed by atoms with Crippen LogP contribution in [0, 0.1) is 46.3 Å². The minimum absolute atomic E-state index is 0.0887. The van der Waals surface area contributed by atoms with E-state index in [1.54, 1.807) is 0 Å². The fourth-order valence-electron chi connectivity index (χ4n) is 12.7. The quantitative estimate of drug-likeness (QED) is 0.346. The van der Waals surface area contributed by atoms with Crippen molar-refractivity contribution in [3.63, 3.8) is 0 Å². The fraction of sp³-hybridized carbons (Fsp3) is 1.00. The molecule has 8 nitrogen and oxygen atoms in total. The summed E-state index contributed by atoms with van der Waals surface area (Å²) in [5.74, 6) is 1.69. The second-order valence-electron chi connectivity index (χ2n) is 17.9. The number of aliphatic hydroxyl groups excluding tert-OH is 1. The summed E-state index contributed by atoms with van der Waals surface area (Å²) in [6, 6.07) is 0. The smallest absolute Gasteiger partial charge is 0.172 e. The van der Waals surface area contributed by atoms with Crippen molar-refractivity contribution in [3.8, 4) is 0 Å². The molecule has 4 saturated carbocycles. The zero-order chi connectivity index (χ0) is 31.6. The van der Waals surface area contributed by atoms with Crippen LogP contribution < -0.4 is 0 Å². The van der Waals surface area contributed by atoms with Gasteiger partial charge in [-0.3, -0.25) is 0 Å². The Morgan fingerprint density at radius 2 is 1.58 bits per heavy atom. The summed E-state index contributed by atoms with van der Waals surface area (Å²) in [6.45, 7) is 17.8. The van der Waals surface area contributed by atoms with Crippen molar-refractivity contribution in [2.45, 2.75) is 167 Å². The first-order valence-electron chi connectivity index (χ1n) is 18.5. The van der Waals surface area contributed by atoms with Crippen LogP contribution in [0.4, 0.5) is 0 Å². The van der Waals surface area contributed by atoms with E-state index in [1.165, 1.54) is 25.7 Å². The van der Waals surface area contributed by atoms with Gasteiger partial charge >= 0.3 is 0 Å². The predicted octanol–water partition coefficient (Wildman–Crippen LogP) is 6.21. The van der Waals surface area contributed by atoms with Crippen molar-refractivity contribution in [1.29, 1.82) is 0 Å². The fourth-order valence-corrected chi connectivity index (χ4v) is 12.7. The van der Waals surface area contributed by atoms with Gasteiger partial charge in [0, 0.05) is 18.9 Å². The van der Waals surface area contributed by atoms with E-state index in [0.29, 0.717) is 42.8 Å². The Bertz CT molecular complexity index is 1110. The highest BCUT2D eigenvalue weighted by Crippen LogP contribution is 2.71. The van der Waals surface area contributed by atoms with E-state index in [0.717, 1.165) is 45.1 Å². The van der Waals surface area contributed by atoms with E-state index >= 15 is 0 Å². The lowest BCUT2D eigenvalue weighted by Crippen LogP contribution is -2.65. The molecule has 0 aromatic heterocycles. The van der Waals surface area contributed by atoms with Gasteiger partial charge in [-0.25, -0.2) is 0 Å². The van der Waals surface area contributed by atoms with Gasteiger partial charge in [-0.15, -0.1) is 0 Å². The van der Waals surface area contributed by atoms with E-state index in [2.05, 4.69) is 48.5 Å². The third-order valence-electron chi connectivity index (χ3n) is 14.7. The molecular formula is C37H60O8. The highest BCUT2D eigenvalue weighted by molar-refractivity contribution is 5.16. The molecule has 0 aromatic carbocycles. The normalized spacial score (nSPS) is 51.2. The van der Waals surface area contributed by atoms with Gasteiger partial charge in [0.05, 0.1) is 37.1 Å². The van der Waals surface area contributed by atoms with Crippen LogP contribution >= 0.6 is 0 Å². The number of hydrogen-bond donors (Lipinski definition) is 1. The van der Waals surface area contributed by atoms with Crippen molar-refractivity contribution in [2.75, 3.05) is 19.8 Å². The first-order valence-corrected chi connectivity index (χ1v) is 18.5. The molecule has 8 aliphatic rings. The van der Waals surface area contributed by atoms with E-state index in [1.807, 2.05) is 0 Å². The molecule has 1 N–H and O–H groups in total. The monoisotopic (exact) mass is 632 g/mol. The van der Waals surface area contributed by atoms with E-state index in [4.69, 9.17) is 33.2 Å². The maximum atomic E-state index is 11.8.